The number of likely N-dealkylation sites (N-methyl/N-ethyl adjacent to an activating group) is 1. The van der Waals surface area contributed by atoms with E-state index in [9.17, 15) is 4.79 Å². The summed E-state index contributed by atoms with van der Waals surface area (Å²) in [5.74, 6) is 0.996. The van der Waals surface area contributed by atoms with Gasteiger partial charge in [-0.2, -0.15) is 0 Å². The van der Waals surface area contributed by atoms with Crippen LogP contribution in [0.15, 0.2) is 48.5 Å². The number of nitrogen functional groups attached to an aromatic ring is 1. The molecule has 1 aliphatic rings. The van der Waals surface area contributed by atoms with Gasteiger partial charge < -0.3 is 20.7 Å². The zero-order valence-electron chi connectivity index (χ0n) is 17.9. The lowest BCUT2D eigenvalue weighted by Gasteiger charge is -2.19. The highest BCUT2D eigenvalue weighted by molar-refractivity contribution is 7.18. The number of hydrogen-bond donors (Lipinski definition) is 2. The number of carbonyl (C=O) groups excluding carboxylic acids is 1. The minimum atomic E-state index is -0.0982. The maximum absolute atomic E-state index is 12.9. The Balaban J connectivity index is 1.40. The van der Waals surface area contributed by atoms with E-state index in [4.69, 9.17) is 10.5 Å². The van der Waals surface area contributed by atoms with E-state index in [1.165, 1.54) is 24.2 Å². The molecular formula is C24H28N4O2S. The third kappa shape index (κ3) is 5.06. The summed E-state index contributed by atoms with van der Waals surface area (Å²) in [5, 5.41) is 3.83. The van der Waals surface area contributed by atoms with E-state index in [0.717, 1.165) is 30.0 Å². The normalized spacial score (nSPS) is 16.4. The van der Waals surface area contributed by atoms with Crippen molar-refractivity contribution in [3.05, 3.63) is 64.5 Å². The van der Waals surface area contributed by atoms with Crippen molar-refractivity contribution < 1.29 is 9.53 Å². The molecular weight excluding hydrogens is 408 g/mol. The van der Waals surface area contributed by atoms with E-state index < -0.39 is 0 Å². The molecule has 0 amide bonds. The van der Waals surface area contributed by atoms with Crippen LogP contribution in [0.1, 0.15) is 40.6 Å². The summed E-state index contributed by atoms with van der Waals surface area (Å²) < 4.78 is 5.94. The molecule has 6 nitrogen and oxygen atoms in total. The molecule has 0 spiro atoms. The fourth-order valence-electron chi connectivity index (χ4n) is 3.75. The summed E-state index contributed by atoms with van der Waals surface area (Å²) in [6, 6.07) is 15.9. The lowest BCUT2D eigenvalue weighted by atomic mass is 10.1. The van der Waals surface area contributed by atoms with Crippen LogP contribution in [0.2, 0.25) is 0 Å². The molecule has 1 atom stereocenters. The Morgan fingerprint density at radius 2 is 2.10 bits per heavy atom. The molecule has 1 saturated heterocycles. The van der Waals surface area contributed by atoms with Crippen molar-refractivity contribution in [2.75, 3.05) is 31.2 Å². The summed E-state index contributed by atoms with van der Waals surface area (Å²) in [7, 11) is 2.15. The van der Waals surface area contributed by atoms with E-state index >= 15 is 0 Å². The zero-order valence-corrected chi connectivity index (χ0v) is 18.7. The highest BCUT2D eigenvalue weighted by Crippen LogP contribution is 2.30. The highest BCUT2D eigenvalue weighted by Gasteiger charge is 2.21. The van der Waals surface area contributed by atoms with Gasteiger partial charge in [-0.3, -0.25) is 4.79 Å². The van der Waals surface area contributed by atoms with Crippen LogP contribution in [-0.2, 0) is 6.42 Å². The largest absolute Gasteiger partial charge is 0.492 e. The Bertz CT molecular complexity index is 1050. The van der Waals surface area contributed by atoms with Gasteiger partial charge in [0, 0.05) is 17.3 Å². The van der Waals surface area contributed by atoms with Gasteiger partial charge in [0.15, 0.2) is 5.13 Å². The topological polar surface area (TPSA) is 80.5 Å². The van der Waals surface area contributed by atoms with Gasteiger partial charge in [-0.05, 0) is 68.8 Å². The van der Waals surface area contributed by atoms with Gasteiger partial charge >= 0.3 is 0 Å². The molecule has 0 aliphatic carbocycles. The van der Waals surface area contributed by atoms with Crippen LogP contribution < -0.4 is 15.8 Å². The van der Waals surface area contributed by atoms with Crippen molar-refractivity contribution in [3.63, 3.8) is 0 Å². The van der Waals surface area contributed by atoms with Crippen molar-refractivity contribution in [2.45, 2.75) is 32.2 Å². The van der Waals surface area contributed by atoms with Crippen molar-refractivity contribution in [1.29, 1.82) is 0 Å². The molecule has 1 unspecified atom stereocenters. The molecule has 3 N–H and O–H groups in total. The molecule has 0 saturated carbocycles. The van der Waals surface area contributed by atoms with Crippen LogP contribution in [0, 0.1) is 0 Å². The van der Waals surface area contributed by atoms with E-state index in [1.54, 1.807) is 0 Å². The quantitative estimate of drug-likeness (QED) is 0.497. The molecule has 3 aromatic rings. The van der Waals surface area contributed by atoms with E-state index in [2.05, 4.69) is 29.2 Å². The first-order valence-electron chi connectivity index (χ1n) is 10.6. The lowest BCUT2D eigenvalue weighted by molar-refractivity contribution is 0.104. The number of aryl methyl sites for hydroxylation is 1. The second-order valence-electron chi connectivity index (χ2n) is 7.85. The molecule has 7 heteroatoms. The maximum atomic E-state index is 12.9. The number of ketones is 1. The summed E-state index contributed by atoms with van der Waals surface area (Å²) in [6.45, 7) is 3.91. The van der Waals surface area contributed by atoms with Crippen LogP contribution in [0.4, 0.5) is 16.6 Å². The van der Waals surface area contributed by atoms with Crippen LogP contribution in [-0.4, -0.2) is 41.9 Å². The van der Waals surface area contributed by atoms with Gasteiger partial charge in [0.2, 0.25) is 5.78 Å². The van der Waals surface area contributed by atoms with Gasteiger partial charge in [-0.15, -0.1) is 0 Å². The number of aromatic nitrogens is 1. The fourth-order valence-corrected chi connectivity index (χ4v) is 4.62. The number of rotatable bonds is 8. The zero-order chi connectivity index (χ0) is 21.8. The van der Waals surface area contributed by atoms with Gasteiger partial charge in [0.05, 0.1) is 0 Å². The van der Waals surface area contributed by atoms with Crippen molar-refractivity contribution >= 4 is 33.8 Å². The Morgan fingerprint density at radius 1 is 1.29 bits per heavy atom. The summed E-state index contributed by atoms with van der Waals surface area (Å²) in [6.07, 6.45) is 3.30. The molecule has 2 heterocycles. The van der Waals surface area contributed by atoms with Crippen molar-refractivity contribution in [1.82, 2.24) is 9.88 Å². The first-order valence-corrected chi connectivity index (χ1v) is 11.4. The number of benzene rings is 2. The second-order valence-corrected chi connectivity index (χ2v) is 8.85. The molecule has 1 fully saturated rings. The Labute approximate surface area is 187 Å². The van der Waals surface area contributed by atoms with Crippen LogP contribution >= 0.6 is 11.3 Å². The second kappa shape index (κ2) is 9.49. The number of hydrogen-bond acceptors (Lipinski definition) is 7. The molecule has 0 bridgehead atoms. The van der Waals surface area contributed by atoms with Gasteiger partial charge in [0.1, 0.15) is 23.1 Å². The number of anilines is 3. The SMILES string of the molecule is CCc1cccc(C(=O)c2sc(Nc3ccc(OCC4CCCN4C)cc3)nc2N)c1. The maximum Gasteiger partial charge on any atom is 0.206 e. The molecule has 2 aromatic carbocycles. The average molecular weight is 437 g/mol. The summed E-state index contributed by atoms with van der Waals surface area (Å²) in [5.41, 5.74) is 8.67. The predicted molar refractivity (Wildman–Crippen MR) is 127 cm³/mol. The Hall–Kier alpha value is -2.90. The Morgan fingerprint density at radius 3 is 2.81 bits per heavy atom. The third-order valence-corrected chi connectivity index (χ3v) is 6.66. The van der Waals surface area contributed by atoms with Crippen molar-refractivity contribution in [2.24, 2.45) is 0 Å². The number of carbonyl (C=O) groups is 1. The summed E-state index contributed by atoms with van der Waals surface area (Å²) in [4.78, 5) is 20.0. The predicted octanol–water partition coefficient (Wildman–Crippen LogP) is 4.74. The first-order chi connectivity index (χ1) is 15.0. The lowest BCUT2D eigenvalue weighted by Crippen LogP contribution is -2.30. The monoisotopic (exact) mass is 436 g/mol. The summed E-state index contributed by atoms with van der Waals surface area (Å²) >= 11 is 1.27. The molecule has 1 aromatic heterocycles. The van der Waals surface area contributed by atoms with Gasteiger partial charge in [0.25, 0.3) is 0 Å². The van der Waals surface area contributed by atoms with Crippen LogP contribution in [0.25, 0.3) is 0 Å². The molecule has 31 heavy (non-hydrogen) atoms. The first kappa shape index (κ1) is 21.3. The minimum absolute atomic E-state index is 0.0982. The van der Waals surface area contributed by atoms with E-state index in [-0.39, 0.29) is 11.6 Å². The number of nitrogens with one attached hydrogen (secondary N) is 1. The number of thiazole rings is 1. The van der Waals surface area contributed by atoms with E-state index in [1.807, 2.05) is 48.5 Å². The van der Waals surface area contributed by atoms with Crippen LogP contribution in [0.5, 0.6) is 5.75 Å². The number of ether oxygens (including phenoxy) is 1. The standard InChI is InChI=1S/C24H28N4O2S/c1-3-16-6-4-7-17(14-16)21(29)22-23(25)27-24(31-22)26-18-9-11-20(12-10-18)30-15-19-8-5-13-28(19)2/h4,6-7,9-12,14,19H,3,5,8,13,15,25H2,1-2H3,(H,26,27). The number of likely N-dealkylation sites (tertiary alicyclic amines) is 1. The highest BCUT2D eigenvalue weighted by atomic mass is 32.1. The van der Waals surface area contributed by atoms with E-state index in [0.29, 0.717) is 28.2 Å². The van der Waals surface area contributed by atoms with Crippen LogP contribution in [0.3, 0.4) is 0 Å². The fraction of sp³-hybridized carbons (Fsp3) is 0.333. The Kier molecular flexibility index (Phi) is 6.53. The molecule has 162 valence electrons. The molecule has 4 rings (SSSR count). The molecule has 0 radical (unpaired) electrons. The minimum Gasteiger partial charge on any atom is -0.492 e. The van der Waals surface area contributed by atoms with Gasteiger partial charge in [-0.25, -0.2) is 4.98 Å². The number of nitrogens with two attached hydrogens (primary N) is 1. The van der Waals surface area contributed by atoms with Crippen molar-refractivity contribution in [3.8, 4) is 5.75 Å². The van der Waals surface area contributed by atoms with Gasteiger partial charge in [-0.1, -0.05) is 36.5 Å². The smallest absolute Gasteiger partial charge is 0.206 e. The average Bonchev–Trinajstić information content (AvgIpc) is 3.37. The number of nitrogens with zero attached hydrogens (tertiary/aromatic N) is 2. The molecule has 1 aliphatic heterocycles. The third-order valence-electron chi connectivity index (χ3n) is 5.68.